The second-order valence-electron chi connectivity index (χ2n) is 8.81. The van der Waals surface area contributed by atoms with Crippen molar-refractivity contribution in [3.05, 3.63) is 30.1 Å². The summed E-state index contributed by atoms with van der Waals surface area (Å²) in [5.41, 5.74) is 0.660. The van der Waals surface area contributed by atoms with Crippen LogP contribution in [0.25, 0.3) is 0 Å². The Kier molecular flexibility index (Phi) is 7.14. The number of benzene rings is 1. The van der Waals surface area contributed by atoms with Crippen molar-refractivity contribution in [1.29, 1.82) is 0 Å². The van der Waals surface area contributed by atoms with Crippen LogP contribution < -0.4 is 10.6 Å². The van der Waals surface area contributed by atoms with E-state index in [4.69, 9.17) is 17.2 Å². The summed E-state index contributed by atoms with van der Waals surface area (Å²) in [6.45, 7) is 11.2. The maximum Gasteiger partial charge on any atom is 0.201 e. The first-order chi connectivity index (χ1) is 13.8. The summed E-state index contributed by atoms with van der Waals surface area (Å²) in [5, 5.41) is 7.54. The summed E-state index contributed by atoms with van der Waals surface area (Å²) in [5.74, 6) is 2.45. The van der Waals surface area contributed by atoms with Gasteiger partial charge in [0.1, 0.15) is 5.82 Å². The quantitative estimate of drug-likeness (QED) is 0.627. The van der Waals surface area contributed by atoms with Crippen LogP contribution in [0.4, 0.5) is 10.1 Å². The van der Waals surface area contributed by atoms with Crippen molar-refractivity contribution in [1.82, 2.24) is 10.2 Å². The molecule has 1 saturated carbocycles. The molecule has 1 fully saturated rings. The Hall–Kier alpha value is -1.69. The van der Waals surface area contributed by atoms with E-state index in [-0.39, 0.29) is 17.9 Å². The number of guanidine groups is 1. The highest BCUT2D eigenvalue weighted by Gasteiger charge is 2.40. The van der Waals surface area contributed by atoms with Crippen LogP contribution in [-0.4, -0.2) is 34.1 Å². The summed E-state index contributed by atoms with van der Waals surface area (Å²) >= 11 is 5.75. The molecule has 1 aromatic carbocycles. The summed E-state index contributed by atoms with van der Waals surface area (Å²) < 4.78 is 13.6. The second-order valence-corrected chi connectivity index (χ2v) is 9.19. The number of hydrogen-bond acceptors (Lipinski definition) is 3. The molecule has 4 nitrogen and oxygen atoms in total. The van der Waals surface area contributed by atoms with Gasteiger partial charge in [-0.05, 0) is 67.9 Å². The zero-order valence-corrected chi connectivity index (χ0v) is 19.1. The molecule has 1 aliphatic heterocycles. The lowest BCUT2D eigenvalue weighted by Gasteiger charge is -2.32. The van der Waals surface area contributed by atoms with E-state index < -0.39 is 0 Å². The first-order valence-electron chi connectivity index (χ1n) is 11.1. The lowest BCUT2D eigenvalue weighted by atomic mass is 9.89. The van der Waals surface area contributed by atoms with Crippen molar-refractivity contribution in [2.75, 3.05) is 5.32 Å². The van der Waals surface area contributed by atoms with E-state index in [1.165, 1.54) is 37.8 Å². The lowest BCUT2D eigenvalue weighted by Crippen LogP contribution is -2.52. The van der Waals surface area contributed by atoms with Gasteiger partial charge in [0.15, 0.2) is 5.11 Å². The van der Waals surface area contributed by atoms with Crippen molar-refractivity contribution in [2.45, 2.75) is 78.4 Å². The largest absolute Gasteiger partial charge is 0.353 e. The Morgan fingerprint density at radius 3 is 2.66 bits per heavy atom. The number of thiocarbonyl (C=S) groups is 1. The molecule has 6 heteroatoms. The summed E-state index contributed by atoms with van der Waals surface area (Å²) in [6, 6.07) is 7.17. The first-order valence-corrected chi connectivity index (χ1v) is 11.5. The van der Waals surface area contributed by atoms with E-state index in [0.29, 0.717) is 28.7 Å². The normalized spacial score (nSPS) is 29.3. The highest BCUT2D eigenvalue weighted by atomic mass is 32.1. The number of hydrogen-bond donors (Lipinski definition) is 2. The van der Waals surface area contributed by atoms with Crippen LogP contribution in [0.5, 0.6) is 0 Å². The molecule has 3 rings (SSSR count). The molecule has 1 aromatic rings. The van der Waals surface area contributed by atoms with Crippen molar-refractivity contribution in [3.8, 4) is 0 Å². The first kappa shape index (κ1) is 22.0. The Labute approximate surface area is 180 Å². The molecule has 0 bridgehead atoms. The topological polar surface area (TPSA) is 39.7 Å². The van der Waals surface area contributed by atoms with E-state index in [2.05, 4.69) is 50.2 Å². The number of halogens is 1. The monoisotopic (exact) mass is 418 g/mol. The molecule has 1 heterocycles. The van der Waals surface area contributed by atoms with Gasteiger partial charge >= 0.3 is 0 Å². The van der Waals surface area contributed by atoms with E-state index in [9.17, 15) is 4.39 Å². The maximum absolute atomic E-state index is 13.6. The number of rotatable bonds is 5. The average Bonchev–Trinajstić information content (AvgIpc) is 3.22. The van der Waals surface area contributed by atoms with Gasteiger partial charge < -0.3 is 10.6 Å². The minimum atomic E-state index is -0.276. The molecule has 1 aliphatic carbocycles. The molecule has 0 radical (unpaired) electrons. The van der Waals surface area contributed by atoms with Crippen LogP contribution in [0.3, 0.4) is 0 Å². The van der Waals surface area contributed by atoms with E-state index in [1.807, 2.05) is 6.07 Å². The summed E-state index contributed by atoms with van der Waals surface area (Å²) in [6.07, 6.45) is 4.86. The minimum absolute atomic E-state index is 0.148. The molecule has 2 N–H and O–H groups in total. The predicted molar refractivity (Wildman–Crippen MR) is 124 cm³/mol. The third-order valence-electron chi connectivity index (χ3n) is 6.66. The fourth-order valence-electron chi connectivity index (χ4n) is 5.12. The van der Waals surface area contributed by atoms with E-state index in [1.54, 1.807) is 6.07 Å². The van der Waals surface area contributed by atoms with Gasteiger partial charge in [-0.3, -0.25) is 4.90 Å². The molecule has 29 heavy (non-hydrogen) atoms. The van der Waals surface area contributed by atoms with Crippen LogP contribution in [-0.2, 0) is 0 Å². The van der Waals surface area contributed by atoms with Gasteiger partial charge in [0, 0.05) is 11.7 Å². The SMILES string of the molecule is CCC1CCC(NC2=NC(C(C)C)C(C)N2C(=S)Nc2cccc(F)c2)C1CC. The molecule has 0 saturated heterocycles. The number of nitrogens with zero attached hydrogens (tertiary/aromatic N) is 2. The van der Waals surface area contributed by atoms with Gasteiger partial charge in [0.25, 0.3) is 0 Å². The molecule has 5 unspecified atom stereocenters. The van der Waals surface area contributed by atoms with Gasteiger partial charge in [-0.25, -0.2) is 9.38 Å². The zero-order chi connectivity index (χ0) is 21.1. The van der Waals surface area contributed by atoms with Gasteiger partial charge in [-0.2, -0.15) is 0 Å². The third kappa shape index (κ3) is 4.73. The lowest BCUT2D eigenvalue weighted by molar-refractivity contribution is 0.322. The van der Waals surface area contributed by atoms with Gasteiger partial charge in [-0.15, -0.1) is 0 Å². The van der Waals surface area contributed by atoms with Crippen LogP contribution in [0.15, 0.2) is 29.3 Å². The van der Waals surface area contributed by atoms with E-state index >= 15 is 0 Å². The predicted octanol–water partition coefficient (Wildman–Crippen LogP) is 5.41. The average molecular weight is 419 g/mol. The Balaban J connectivity index is 1.80. The van der Waals surface area contributed by atoms with Gasteiger partial charge in [0.2, 0.25) is 5.96 Å². The molecule has 0 aromatic heterocycles. The molecular formula is C23H35FN4S. The highest BCUT2D eigenvalue weighted by molar-refractivity contribution is 7.80. The van der Waals surface area contributed by atoms with Crippen LogP contribution in [0, 0.1) is 23.6 Å². The van der Waals surface area contributed by atoms with Gasteiger partial charge in [-0.1, -0.05) is 46.6 Å². The number of nitrogens with one attached hydrogen (secondary N) is 2. The minimum Gasteiger partial charge on any atom is -0.353 e. The van der Waals surface area contributed by atoms with E-state index in [0.717, 1.165) is 11.9 Å². The smallest absolute Gasteiger partial charge is 0.201 e. The van der Waals surface area contributed by atoms with Gasteiger partial charge in [0.05, 0.1) is 12.1 Å². The van der Waals surface area contributed by atoms with Crippen molar-refractivity contribution in [3.63, 3.8) is 0 Å². The summed E-state index contributed by atoms with van der Waals surface area (Å²) in [7, 11) is 0. The molecule has 5 atom stereocenters. The Morgan fingerprint density at radius 2 is 2.03 bits per heavy atom. The molecule has 0 spiro atoms. The van der Waals surface area contributed by atoms with Crippen LogP contribution in [0.1, 0.15) is 60.3 Å². The summed E-state index contributed by atoms with van der Waals surface area (Å²) in [4.78, 5) is 7.14. The highest BCUT2D eigenvalue weighted by Crippen LogP contribution is 2.37. The fourth-order valence-corrected chi connectivity index (χ4v) is 5.49. The Morgan fingerprint density at radius 1 is 1.28 bits per heavy atom. The van der Waals surface area contributed by atoms with Crippen molar-refractivity contribution < 1.29 is 4.39 Å². The Bertz CT molecular complexity index is 750. The maximum atomic E-state index is 13.6. The number of anilines is 1. The fraction of sp³-hybridized carbons (Fsp3) is 0.652. The third-order valence-corrected chi connectivity index (χ3v) is 6.96. The zero-order valence-electron chi connectivity index (χ0n) is 18.3. The van der Waals surface area contributed by atoms with Crippen molar-refractivity contribution in [2.24, 2.45) is 22.7 Å². The van der Waals surface area contributed by atoms with Crippen LogP contribution >= 0.6 is 12.2 Å². The van der Waals surface area contributed by atoms with Crippen molar-refractivity contribution >= 4 is 29.0 Å². The van der Waals surface area contributed by atoms with Crippen LogP contribution in [0.2, 0.25) is 0 Å². The molecule has 2 aliphatic rings. The molecular weight excluding hydrogens is 383 g/mol. The number of aliphatic imine (C=N–C) groups is 1. The molecule has 0 amide bonds. The molecule has 160 valence electrons. The standard InChI is InChI=1S/C23H35FN4S/c1-6-16-11-12-20(19(16)7-2)26-22-27-21(14(3)4)15(5)28(22)23(29)25-18-10-8-9-17(24)13-18/h8-10,13-16,19-21H,6-7,11-12H2,1-5H3,(H,25,29)(H,26,27). The second kappa shape index (κ2) is 9.41.